The van der Waals surface area contributed by atoms with Gasteiger partial charge in [0.1, 0.15) is 22.3 Å². The standard InChI is InChI=1S/C20H18N8O5S4/c21-18-24-13(27-37-18)11(26-33-10-4-2-1-3-5-10)14(29)23-12-15(30)28-6-20(17(31)32,7-34-16(12)28)8-35-19-25-22-9-36-19/h1-5,9,12,16H,6-8H2,(H,23,29)(H,31,32)(H2,21,24,27)/t12?,16-,20?/m1/s1. The first kappa shape index (κ1) is 25.4. The van der Waals surface area contributed by atoms with Crippen LogP contribution < -0.4 is 15.9 Å². The van der Waals surface area contributed by atoms with E-state index in [1.165, 1.54) is 39.8 Å². The molecule has 2 aliphatic heterocycles. The van der Waals surface area contributed by atoms with E-state index in [1.807, 2.05) is 0 Å². The van der Waals surface area contributed by atoms with Gasteiger partial charge in [-0.1, -0.05) is 46.5 Å². The predicted octanol–water partition coefficient (Wildman–Crippen LogP) is 1.02. The fourth-order valence-corrected chi connectivity index (χ4v) is 7.42. The molecule has 3 aromatic rings. The number of fused-ring (bicyclic) bond motifs is 1. The number of rotatable bonds is 9. The number of nitrogens with two attached hydrogens (primary N) is 1. The van der Waals surface area contributed by atoms with Gasteiger partial charge in [0.2, 0.25) is 17.4 Å². The molecule has 13 nitrogen and oxygen atoms in total. The van der Waals surface area contributed by atoms with E-state index in [4.69, 9.17) is 10.6 Å². The number of para-hydroxylation sites is 1. The van der Waals surface area contributed by atoms with Gasteiger partial charge in [-0.3, -0.25) is 14.4 Å². The van der Waals surface area contributed by atoms with E-state index >= 15 is 0 Å². The lowest BCUT2D eigenvalue weighted by atomic mass is 9.89. The molecule has 4 heterocycles. The van der Waals surface area contributed by atoms with Crippen LogP contribution in [0.25, 0.3) is 0 Å². The third-order valence-electron chi connectivity index (χ3n) is 5.55. The minimum Gasteiger partial charge on any atom is -0.481 e. The van der Waals surface area contributed by atoms with Crippen molar-refractivity contribution in [1.82, 2.24) is 29.8 Å². The summed E-state index contributed by atoms with van der Waals surface area (Å²) in [7, 11) is 0. The van der Waals surface area contributed by atoms with Crippen molar-refractivity contribution in [2.75, 3.05) is 23.8 Å². The lowest BCUT2D eigenvalue weighted by Gasteiger charge is -2.53. The van der Waals surface area contributed by atoms with Gasteiger partial charge < -0.3 is 25.9 Å². The highest BCUT2D eigenvalue weighted by atomic mass is 32.2. The van der Waals surface area contributed by atoms with Gasteiger partial charge in [-0.05, 0) is 12.1 Å². The number of nitrogen functional groups attached to an aromatic ring is 1. The fourth-order valence-electron chi connectivity index (χ4n) is 3.64. The molecular formula is C20H18N8O5S4. The summed E-state index contributed by atoms with van der Waals surface area (Å²) in [5.74, 6) is -1.23. The molecule has 0 spiro atoms. The molecule has 2 fully saturated rings. The summed E-state index contributed by atoms with van der Waals surface area (Å²) in [6.07, 6.45) is 0. The molecule has 0 aliphatic carbocycles. The number of hydrogen-bond acceptors (Lipinski definition) is 14. The maximum Gasteiger partial charge on any atom is 0.313 e. The number of benzene rings is 1. The maximum absolute atomic E-state index is 13.1. The number of carbonyl (C=O) groups excluding carboxylic acids is 2. The minimum atomic E-state index is -1.15. The first-order valence-electron chi connectivity index (χ1n) is 10.6. The van der Waals surface area contributed by atoms with Crippen molar-refractivity contribution >= 4 is 75.0 Å². The van der Waals surface area contributed by atoms with E-state index in [-0.39, 0.29) is 40.6 Å². The van der Waals surface area contributed by atoms with Crippen LogP contribution in [-0.4, -0.2) is 82.5 Å². The molecule has 2 unspecified atom stereocenters. The molecular weight excluding hydrogens is 561 g/mol. The number of anilines is 1. The number of thioether (sulfide) groups is 2. The molecule has 1 aromatic carbocycles. The predicted molar refractivity (Wildman–Crippen MR) is 139 cm³/mol. The quantitative estimate of drug-likeness (QED) is 0.142. The third kappa shape index (κ3) is 5.25. The summed E-state index contributed by atoms with van der Waals surface area (Å²) < 4.78 is 4.70. The van der Waals surface area contributed by atoms with Crippen LogP contribution in [0.2, 0.25) is 0 Å². The highest BCUT2D eigenvalue weighted by molar-refractivity contribution is 8.01. The molecule has 0 radical (unpaired) electrons. The van der Waals surface area contributed by atoms with E-state index < -0.39 is 28.7 Å². The van der Waals surface area contributed by atoms with Gasteiger partial charge in [0.05, 0.1) is 0 Å². The second-order valence-corrected chi connectivity index (χ2v) is 11.9. The number of aliphatic carboxylic acids is 1. The molecule has 0 saturated carbocycles. The number of nitrogens with zero attached hydrogens (tertiary/aromatic N) is 6. The summed E-state index contributed by atoms with van der Waals surface area (Å²) in [5.41, 5.74) is 5.86. The van der Waals surface area contributed by atoms with Crippen LogP contribution in [0.1, 0.15) is 5.82 Å². The van der Waals surface area contributed by atoms with Crippen LogP contribution in [0, 0.1) is 5.41 Å². The summed E-state index contributed by atoms with van der Waals surface area (Å²) >= 11 is 4.82. The molecule has 0 bridgehead atoms. The molecule has 3 atom stereocenters. The van der Waals surface area contributed by atoms with Crippen LogP contribution >= 0.6 is 46.4 Å². The number of aromatic nitrogens is 4. The largest absolute Gasteiger partial charge is 0.481 e. The zero-order valence-electron chi connectivity index (χ0n) is 18.7. The number of nitrogens with one attached hydrogen (secondary N) is 1. The molecule has 192 valence electrons. The number of oxime groups is 1. The van der Waals surface area contributed by atoms with E-state index in [2.05, 4.69) is 30.0 Å². The maximum atomic E-state index is 13.1. The van der Waals surface area contributed by atoms with Gasteiger partial charge in [0.25, 0.3) is 5.91 Å². The van der Waals surface area contributed by atoms with Crippen LogP contribution in [-0.2, 0) is 14.4 Å². The summed E-state index contributed by atoms with van der Waals surface area (Å²) in [4.78, 5) is 49.2. The Morgan fingerprint density at radius 2 is 2.16 bits per heavy atom. The molecule has 2 saturated heterocycles. The Morgan fingerprint density at radius 3 is 2.84 bits per heavy atom. The van der Waals surface area contributed by atoms with Gasteiger partial charge >= 0.3 is 5.97 Å². The third-order valence-corrected chi connectivity index (χ3v) is 9.83. The Hall–Kier alpha value is -3.28. The van der Waals surface area contributed by atoms with Crippen molar-refractivity contribution in [3.05, 3.63) is 41.7 Å². The van der Waals surface area contributed by atoms with Crippen LogP contribution in [0.15, 0.2) is 45.3 Å². The van der Waals surface area contributed by atoms with Crippen LogP contribution in [0.5, 0.6) is 5.75 Å². The lowest BCUT2D eigenvalue weighted by Crippen LogP contribution is -2.74. The molecule has 2 aliphatic rings. The number of hydrogen-bond donors (Lipinski definition) is 3. The summed E-state index contributed by atoms with van der Waals surface area (Å²) in [6.45, 7) is 0.0270. The first-order valence-corrected chi connectivity index (χ1v) is 14.3. The number of amides is 2. The van der Waals surface area contributed by atoms with Crippen molar-refractivity contribution in [3.63, 3.8) is 0 Å². The molecule has 4 N–H and O–H groups in total. The molecule has 5 rings (SSSR count). The Morgan fingerprint density at radius 1 is 1.35 bits per heavy atom. The highest BCUT2D eigenvalue weighted by Crippen LogP contribution is 2.44. The average molecular weight is 579 g/mol. The van der Waals surface area contributed by atoms with Crippen molar-refractivity contribution < 1.29 is 24.3 Å². The normalized spacial score (nSPS) is 23.2. The molecule has 37 heavy (non-hydrogen) atoms. The smallest absolute Gasteiger partial charge is 0.313 e. The van der Waals surface area contributed by atoms with Gasteiger partial charge in [-0.2, -0.15) is 9.36 Å². The Balaban J connectivity index is 1.28. The van der Waals surface area contributed by atoms with E-state index in [0.717, 1.165) is 11.5 Å². The zero-order valence-corrected chi connectivity index (χ0v) is 22.0. The topological polar surface area (TPSA) is 186 Å². The van der Waals surface area contributed by atoms with E-state index in [1.54, 1.807) is 35.8 Å². The van der Waals surface area contributed by atoms with Gasteiger partial charge in [-0.15, -0.1) is 22.0 Å². The summed E-state index contributed by atoms with van der Waals surface area (Å²) in [6, 6.07) is 7.75. The number of carboxylic acids is 1. The number of carboxylic acid groups (broad SMARTS) is 1. The Bertz CT molecular complexity index is 1340. The number of carbonyl (C=O) groups is 3. The Labute approximate surface area is 226 Å². The lowest BCUT2D eigenvalue weighted by molar-refractivity contribution is -0.157. The van der Waals surface area contributed by atoms with Gasteiger partial charge in [0, 0.05) is 29.6 Å². The second-order valence-electron chi connectivity index (χ2n) is 8.00. The molecule has 2 aromatic heterocycles. The van der Waals surface area contributed by atoms with E-state index in [9.17, 15) is 19.5 Å². The van der Waals surface area contributed by atoms with Crippen molar-refractivity contribution in [1.29, 1.82) is 0 Å². The molecule has 2 amide bonds. The fraction of sp³-hybridized carbons (Fsp3) is 0.300. The second kappa shape index (κ2) is 10.6. The highest BCUT2D eigenvalue weighted by Gasteiger charge is 2.57. The molecule has 17 heteroatoms. The van der Waals surface area contributed by atoms with Crippen molar-refractivity contribution in [2.24, 2.45) is 10.6 Å². The first-order chi connectivity index (χ1) is 17.9. The summed E-state index contributed by atoms with van der Waals surface area (Å²) in [5, 5.41) is 24.0. The van der Waals surface area contributed by atoms with Gasteiger partial charge in [-0.25, -0.2) is 0 Å². The average Bonchev–Trinajstić information content (AvgIpc) is 3.58. The Kier molecular flexibility index (Phi) is 7.27. The van der Waals surface area contributed by atoms with Crippen LogP contribution in [0.3, 0.4) is 0 Å². The zero-order chi connectivity index (χ0) is 26.0. The minimum absolute atomic E-state index is 0.0270. The van der Waals surface area contributed by atoms with Crippen molar-refractivity contribution in [2.45, 2.75) is 15.8 Å². The SMILES string of the molecule is Nc1nc(C(=NOc2ccccc2)C(=O)NC2C(=O)N3CC(CSc4nncs4)(C(=O)O)CS[C@H]23)ns1. The van der Waals surface area contributed by atoms with Gasteiger partial charge in [0.15, 0.2) is 15.2 Å². The number of β-lactam (4-membered cyclic amide) rings is 1. The monoisotopic (exact) mass is 578 g/mol. The van der Waals surface area contributed by atoms with E-state index in [0.29, 0.717) is 10.1 Å². The van der Waals surface area contributed by atoms with Crippen molar-refractivity contribution in [3.8, 4) is 5.75 Å². The van der Waals surface area contributed by atoms with Crippen LogP contribution in [0.4, 0.5) is 5.13 Å².